The van der Waals surface area contributed by atoms with Crippen molar-refractivity contribution in [3.05, 3.63) is 73.6 Å². The normalized spacial score (nSPS) is 10.3. The number of phenols is 1. The van der Waals surface area contributed by atoms with Gasteiger partial charge in [-0.1, -0.05) is 38.8 Å². The second-order valence-corrected chi connectivity index (χ2v) is 9.40. The third kappa shape index (κ3) is 8.48. The predicted molar refractivity (Wildman–Crippen MR) is 130 cm³/mol. The molecule has 0 saturated carbocycles. The minimum absolute atomic E-state index is 0.0718. The number of amides is 2. The van der Waals surface area contributed by atoms with Crippen molar-refractivity contribution in [3.8, 4) is 5.75 Å². The number of aliphatic hydroxyl groups excluding tert-OH is 1. The van der Waals surface area contributed by atoms with Crippen LogP contribution in [0.15, 0.2) is 41.5 Å². The number of hydrogen-bond acceptors (Lipinski definition) is 9. The lowest BCUT2D eigenvalue weighted by atomic mass is 10.1. The number of aliphatic hydroxyl groups is 1. The summed E-state index contributed by atoms with van der Waals surface area (Å²) in [6.45, 7) is 0.0602. The zero-order chi connectivity index (χ0) is 24.9. The van der Waals surface area contributed by atoms with Gasteiger partial charge in [-0.3, -0.25) is 19.7 Å². The highest BCUT2D eigenvalue weighted by Crippen LogP contribution is 2.25. The maximum atomic E-state index is 12.1. The lowest BCUT2D eigenvalue weighted by molar-refractivity contribution is -0.385. The van der Waals surface area contributed by atoms with E-state index >= 15 is 0 Å². The summed E-state index contributed by atoms with van der Waals surface area (Å²) in [7, 11) is 2.94. The zero-order valence-electron chi connectivity index (χ0n) is 17.8. The first-order chi connectivity index (χ1) is 16.3. The molecule has 0 bridgehead atoms. The van der Waals surface area contributed by atoms with Crippen LogP contribution in [0.2, 0.25) is 0 Å². The molecular weight excluding hydrogens is 484 g/mol. The number of rotatable bonds is 13. The van der Waals surface area contributed by atoms with Gasteiger partial charge in [-0.15, -0.1) is 0 Å². The summed E-state index contributed by atoms with van der Waals surface area (Å²) in [6, 6.07) is 8.41. The van der Waals surface area contributed by atoms with Gasteiger partial charge in [0.15, 0.2) is 0 Å². The summed E-state index contributed by atoms with van der Waals surface area (Å²) in [5.41, 5.74) is 9.25. The first-order valence-electron chi connectivity index (χ1n) is 9.90. The lowest BCUT2D eigenvalue weighted by Crippen LogP contribution is -2.25. The summed E-state index contributed by atoms with van der Waals surface area (Å²) in [5, 5.41) is 38.8. The molecule has 0 spiro atoms. The molecule has 14 heteroatoms. The van der Waals surface area contributed by atoms with E-state index in [0.29, 0.717) is 23.6 Å². The van der Waals surface area contributed by atoms with Crippen LogP contribution in [0.25, 0.3) is 10.4 Å². The number of carbonyl (C=O) groups is 2. The van der Waals surface area contributed by atoms with E-state index in [0.717, 1.165) is 0 Å². The number of azide groups is 1. The fourth-order valence-electron chi connectivity index (χ4n) is 2.69. The van der Waals surface area contributed by atoms with Gasteiger partial charge in [0, 0.05) is 47.7 Å². The number of benzene rings is 2. The highest BCUT2D eigenvalue weighted by atomic mass is 33.1. The van der Waals surface area contributed by atoms with Crippen LogP contribution in [-0.2, 0) is 17.9 Å². The van der Waals surface area contributed by atoms with Gasteiger partial charge in [-0.2, -0.15) is 0 Å². The highest BCUT2D eigenvalue weighted by Gasteiger charge is 2.14. The molecule has 0 aliphatic carbocycles. The highest BCUT2D eigenvalue weighted by molar-refractivity contribution is 8.76. The van der Waals surface area contributed by atoms with Gasteiger partial charge in [0.25, 0.3) is 11.6 Å². The molecule has 0 atom stereocenters. The van der Waals surface area contributed by atoms with Crippen molar-refractivity contribution >= 4 is 44.8 Å². The molecule has 2 rings (SSSR count). The van der Waals surface area contributed by atoms with Crippen LogP contribution in [0.4, 0.5) is 11.4 Å². The molecule has 0 heterocycles. The fraction of sp³-hybridized carbons (Fsp3) is 0.300. The predicted octanol–water partition coefficient (Wildman–Crippen LogP) is 3.55. The monoisotopic (exact) mass is 506 g/mol. The molecule has 2 aromatic carbocycles. The first-order valence-corrected chi connectivity index (χ1v) is 12.4. The van der Waals surface area contributed by atoms with Crippen LogP contribution in [0.1, 0.15) is 27.9 Å². The van der Waals surface area contributed by atoms with Gasteiger partial charge in [-0.05, 0) is 29.3 Å². The Bertz CT molecular complexity index is 1090. The number of carbonyl (C=O) groups excluding carboxylic acids is 2. The minimum Gasteiger partial charge on any atom is -0.507 e. The average molecular weight is 507 g/mol. The van der Waals surface area contributed by atoms with E-state index in [9.17, 15) is 24.8 Å². The number of aromatic hydroxyl groups is 1. The Morgan fingerprint density at radius 3 is 2.59 bits per heavy atom. The SMILES string of the molecule is [N-]=[N+]=Nc1ccc(C(=O)NCCSSCCC(=O)NCc2ccc(CO)c([N+](=O)[O-])c2)c(O)c1. The molecule has 0 aliphatic heterocycles. The Hall–Kier alpha value is -3.45. The van der Waals surface area contributed by atoms with Crippen LogP contribution in [0.3, 0.4) is 0 Å². The third-order valence-electron chi connectivity index (χ3n) is 4.36. The molecular formula is C20H22N6O6S2. The maximum absolute atomic E-state index is 12.1. The van der Waals surface area contributed by atoms with Crippen LogP contribution in [0, 0.1) is 10.1 Å². The zero-order valence-corrected chi connectivity index (χ0v) is 19.5. The number of nitro benzene ring substituents is 1. The molecule has 0 fully saturated rings. The van der Waals surface area contributed by atoms with Gasteiger partial charge >= 0.3 is 0 Å². The number of nitro groups is 1. The van der Waals surface area contributed by atoms with Crippen LogP contribution >= 0.6 is 21.6 Å². The molecule has 0 radical (unpaired) electrons. The van der Waals surface area contributed by atoms with Crippen molar-refractivity contribution in [3.63, 3.8) is 0 Å². The van der Waals surface area contributed by atoms with Gasteiger partial charge in [0.05, 0.1) is 22.7 Å². The standard InChI is InChI=1S/C20H22N6O6S2/c21-25-24-15-3-4-16(18(28)10-15)20(30)22-6-8-34-33-7-5-19(29)23-11-13-1-2-14(12-27)17(9-13)26(31)32/h1-4,9-10,27-28H,5-8,11-12H2,(H,22,30)(H,23,29). The van der Waals surface area contributed by atoms with Crippen molar-refractivity contribution in [2.24, 2.45) is 5.11 Å². The van der Waals surface area contributed by atoms with E-state index in [1.165, 1.54) is 51.9 Å². The molecule has 0 aromatic heterocycles. The van der Waals surface area contributed by atoms with E-state index in [1.807, 2.05) is 0 Å². The van der Waals surface area contributed by atoms with E-state index in [1.54, 1.807) is 6.07 Å². The topological polar surface area (TPSA) is 191 Å². The van der Waals surface area contributed by atoms with E-state index < -0.39 is 17.4 Å². The Morgan fingerprint density at radius 1 is 1.15 bits per heavy atom. The van der Waals surface area contributed by atoms with Crippen LogP contribution in [0.5, 0.6) is 5.75 Å². The quantitative estimate of drug-likeness (QED) is 0.0602. The largest absolute Gasteiger partial charge is 0.507 e. The molecule has 2 aromatic rings. The second-order valence-electron chi connectivity index (χ2n) is 6.70. The number of nitrogens with one attached hydrogen (secondary N) is 2. The summed E-state index contributed by atoms with van der Waals surface area (Å²) >= 11 is 0. The van der Waals surface area contributed by atoms with Crippen LogP contribution in [-0.4, -0.2) is 45.0 Å². The Labute approximate surface area is 202 Å². The molecule has 0 aliphatic rings. The smallest absolute Gasteiger partial charge is 0.275 e. The van der Waals surface area contributed by atoms with Crippen molar-refractivity contribution in [2.75, 3.05) is 18.1 Å². The van der Waals surface area contributed by atoms with E-state index in [2.05, 4.69) is 20.7 Å². The summed E-state index contributed by atoms with van der Waals surface area (Å²) in [4.78, 5) is 37.1. The Balaban J connectivity index is 1.62. The summed E-state index contributed by atoms with van der Waals surface area (Å²) in [6.07, 6.45) is 0.256. The van der Waals surface area contributed by atoms with Crippen LogP contribution < -0.4 is 10.6 Å². The second kappa shape index (κ2) is 14.0. The van der Waals surface area contributed by atoms with Crippen molar-refractivity contribution < 1.29 is 24.7 Å². The minimum atomic E-state index is -0.572. The van der Waals surface area contributed by atoms with Crippen molar-refractivity contribution in [2.45, 2.75) is 19.6 Å². The molecule has 180 valence electrons. The van der Waals surface area contributed by atoms with E-state index in [-0.39, 0.29) is 47.1 Å². The molecule has 34 heavy (non-hydrogen) atoms. The summed E-state index contributed by atoms with van der Waals surface area (Å²) in [5.74, 6) is 0.179. The first kappa shape index (κ1) is 26.8. The van der Waals surface area contributed by atoms with Gasteiger partial charge in [0.2, 0.25) is 5.91 Å². The number of nitrogens with zero attached hydrogens (tertiary/aromatic N) is 4. The molecule has 12 nitrogen and oxygen atoms in total. The maximum Gasteiger partial charge on any atom is 0.275 e. The molecule has 4 N–H and O–H groups in total. The van der Waals surface area contributed by atoms with Gasteiger partial charge < -0.3 is 20.8 Å². The van der Waals surface area contributed by atoms with Gasteiger partial charge in [0.1, 0.15) is 5.75 Å². The molecule has 0 unspecified atom stereocenters. The van der Waals surface area contributed by atoms with E-state index in [4.69, 9.17) is 10.6 Å². The number of phenolic OH excluding ortho intramolecular Hbond substituents is 1. The summed E-state index contributed by atoms with van der Waals surface area (Å²) < 4.78 is 0. The van der Waals surface area contributed by atoms with Crippen molar-refractivity contribution in [1.82, 2.24) is 10.6 Å². The molecule has 2 amide bonds. The lowest BCUT2D eigenvalue weighted by Gasteiger charge is -2.08. The third-order valence-corrected chi connectivity index (χ3v) is 6.77. The van der Waals surface area contributed by atoms with Gasteiger partial charge in [-0.25, -0.2) is 0 Å². The Morgan fingerprint density at radius 2 is 1.91 bits per heavy atom. The Kier molecular flexibility index (Phi) is 11.0. The van der Waals surface area contributed by atoms with Crippen molar-refractivity contribution in [1.29, 1.82) is 0 Å². The average Bonchev–Trinajstić information content (AvgIpc) is 2.82. The fourth-order valence-corrected chi connectivity index (χ4v) is 4.59. The molecule has 0 saturated heterocycles. The number of hydrogen-bond donors (Lipinski definition) is 4.